The second-order valence-corrected chi connectivity index (χ2v) is 5.98. The highest BCUT2D eigenvalue weighted by molar-refractivity contribution is 9.08. The molecule has 1 aliphatic rings. The Kier molecular flexibility index (Phi) is 4.92. The molecule has 1 aromatic rings. The van der Waals surface area contributed by atoms with Gasteiger partial charge in [-0.3, -0.25) is 4.79 Å². The van der Waals surface area contributed by atoms with Gasteiger partial charge in [0.1, 0.15) is 0 Å². The number of rotatable bonds is 4. The molecular formula is C13H16BrNOS. The van der Waals surface area contributed by atoms with Crippen LogP contribution in [0.15, 0.2) is 24.3 Å². The lowest BCUT2D eigenvalue weighted by atomic mass is 10.1. The molecule has 0 aromatic heterocycles. The SMILES string of the molecule is O=C(NCC1CCSC1)c1ccc(CBr)cc1. The van der Waals surface area contributed by atoms with Crippen LogP contribution in [0.4, 0.5) is 0 Å². The molecule has 2 rings (SSSR count). The van der Waals surface area contributed by atoms with Crippen molar-refractivity contribution < 1.29 is 4.79 Å². The van der Waals surface area contributed by atoms with Gasteiger partial charge < -0.3 is 5.32 Å². The zero-order chi connectivity index (χ0) is 12.1. The highest BCUT2D eigenvalue weighted by atomic mass is 79.9. The number of alkyl halides is 1. The molecule has 1 amide bonds. The van der Waals surface area contributed by atoms with Crippen LogP contribution >= 0.6 is 27.7 Å². The van der Waals surface area contributed by atoms with E-state index in [9.17, 15) is 4.79 Å². The van der Waals surface area contributed by atoms with E-state index in [0.717, 1.165) is 17.4 Å². The molecule has 0 bridgehead atoms. The van der Waals surface area contributed by atoms with Gasteiger partial charge in [-0.05, 0) is 41.5 Å². The smallest absolute Gasteiger partial charge is 0.251 e. The van der Waals surface area contributed by atoms with Crippen molar-refractivity contribution in [1.29, 1.82) is 0 Å². The molecule has 1 aliphatic heterocycles. The monoisotopic (exact) mass is 313 g/mol. The summed E-state index contributed by atoms with van der Waals surface area (Å²) in [4.78, 5) is 11.9. The summed E-state index contributed by atoms with van der Waals surface area (Å²) in [7, 11) is 0. The normalized spacial score (nSPS) is 19.2. The van der Waals surface area contributed by atoms with Crippen molar-refractivity contribution in [1.82, 2.24) is 5.32 Å². The van der Waals surface area contributed by atoms with Crippen LogP contribution in [0.25, 0.3) is 0 Å². The van der Waals surface area contributed by atoms with E-state index in [-0.39, 0.29) is 5.91 Å². The molecule has 0 saturated carbocycles. The van der Waals surface area contributed by atoms with Crippen molar-refractivity contribution in [3.05, 3.63) is 35.4 Å². The molecule has 1 aromatic carbocycles. The topological polar surface area (TPSA) is 29.1 Å². The van der Waals surface area contributed by atoms with Gasteiger partial charge in [-0.25, -0.2) is 0 Å². The predicted molar refractivity (Wildman–Crippen MR) is 76.8 cm³/mol. The van der Waals surface area contributed by atoms with Gasteiger partial charge in [-0.15, -0.1) is 0 Å². The van der Waals surface area contributed by atoms with Crippen LogP contribution in [0.5, 0.6) is 0 Å². The van der Waals surface area contributed by atoms with Crippen LogP contribution in [0.3, 0.4) is 0 Å². The average Bonchev–Trinajstić information content (AvgIpc) is 2.89. The third kappa shape index (κ3) is 3.75. The Hall–Kier alpha value is -0.480. The fourth-order valence-corrected chi connectivity index (χ4v) is 3.49. The molecule has 1 fully saturated rings. The zero-order valence-corrected chi connectivity index (χ0v) is 12.0. The summed E-state index contributed by atoms with van der Waals surface area (Å²) >= 11 is 5.37. The molecule has 4 heteroatoms. The minimum absolute atomic E-state index is 0.0445. The van der Waals surface area contributed by atoms with Gasteiger partial charge in [-0.2, -0.15) is 11.8 Å². The Morgan fingerprint density at radius 2 is 2.18 bits per heavy atom. The highest BCUT2D eigenvalue weighted by Crippen LogP contribution is 2.22. The molecule has 0 spiro atoms. The van der Waals surface area contributed by atoms with Gasteiger partial charge in [0.2, 0.25) is 0 Å². The molecule has 1 atom stereocenters. The first-order valence-electron chi connectivity index (χ1n) is 5.80. The van der Waals surface area contributed by atoms with Crippen LogP contribution < -0.4 is 5.32 Å². The summed E-state index contributed by atoms with van der Waals surface area (Å²) in [6.07, 6.45) is 1.23. The molecule has 1 unspecified atom stereocenters. The number of thioether (sulfide) groups is 1. The number of carbonyl (C=O) groups excluding carboxylic acids is 1. The summed E-state index contributed by atoms with van der Waals surface area (Å²) in [5, 5.41) is 3.84. The number of halogens is 1. The first-order chi connectivity index (χ1) is 8.29. The number of amides is 1. The van der Waals surface area contributed by atoms with Crippen LogP contribution in [0.2, 0.25) is 0 Å². The largest absolute Gasteiger partial charge is 0.352 e. The second kappa shape index (κ2) is 6.45. The van der Waals surface area contributed by atoms with E-state index in [4.69, 9.17) is 0 Å². The van der Waals surface area contributed by atoms with Gasteiger partial charge in [-0.1, -0.05) is 28.1 Å². The summed E-state index contributed by atoms with van der Waals surface area (Å²) in [5.74, 6) is 3.12. The Morgan fingerprint density at radius 1 is 1.41 bits per heavy atom. The Morgan fingerprint density at radius 3 is 2.76 bits per heavy atom. The molecule has 1 saturated heterocycles. The molecule has 2 nitrogen and oxygen atoms in total. The van der Waals surface area contributed by atoms with E-state index in [1.54, 1.807) is 0 Å². The van der Waals surface area contributed by atoms with E-state index >= 15 is 0 Å². The van der Waals surface area contributed by atoms with Gasteiger partial charge in [0.25, 0.3) is 5.91 Å². The third-order valence-corrected chi connectivity index (χ3v) is 4.82. The lowest BCUT2D eigenvalue weighted by Crippen LogP contribution is -2.29. The van der Waals surface area contributed by atoms with Gasteiger partial charge in [0.05, 0.1) is 0 Å². The number of hydrogen-bond acceptors (Lipinski definition) is 2. The number of carbonyl (C=O) groups is 1. The first-order valence-corrected chi connectivity index (χ1v) is 8.08. The van der Waals surface area contributed by atoms with E-state index < -0.39 is 0 Å². The fraction of sp³-hybridized carbons (Fsp3) is 0.462. The summed E-state index contributed by atoms with van der Waals surface area (Å²) in [6.45, 7) is 0.812. The molecule has 0 radical (unpaired) electrons. The zero-order valence-electron chi connectivity index (χ0n) is 9.62. The molecule has 1 heterocycles. The Labute approximate surface area is 115 Å². The number of benzene rings is 1. The molecule has 17 heavy (non-hydrogen) atoms. The van der Waals surface area contributed by atoms with Crippen molar-refractivity contribution >= 4 is 33.6 Å². The van der Waals surface area contributed by atoms with Crippen LogP contribution in [-0.2, 0) is 5.33 Å². The van der Waals surface area contributed by atoms with Crippen molar-refractivity contribution in [2.24, 2.45) is 5.92 Å². The van der Waals surface area contributed by atoms with Crippen molar-refractivity contribution in [3.63, 3.8) is 0 Å². The summed E-state index contributed by atoms with van der Waals surface area (Å²) < 4.78 is 0. The first kappa shape index (κ1) is 13.0. The third-order valence-electron chi connectivity index (χ3n) is 2.95. The lowest BCUT2D eigenvalue weighted by Gasteiger charge is -2.10. The van der Waals surface area contributed by atoms with E-state index in [1.807, 2.05) is 36.0 Å². The maximum absolute atomic E-state index is 11.9. The van der Waals surface area contributed by atoms with E-state index in [2.05, 4.69) is 21.2 Å². The highest BCUT2D eigenvalue weighted by Gasteiger charge is 2.16. The van der Waals surface area contributed by atoms with Gasteiger partial charge >= 0.3 is 0 Å². The quantitative estimate of drug-likeness (QED) is 0.866. The minimum Gasteiger partial charge on any atom is -0.352 e. The second-order valence-electron chi connectivity index (χ2n) is 4.27. The summed E-state index contributed by atoms with van der Waals surface area (Å²) in [5.41, 5.74) is 1.94. The predicted octanol–water partition coefficient (Wildman–Crippen LogP) is 3.06. The average molecular weight is 314 g/mol. The van der Waals surface area contributed by atoms with Crippen molar-refractivity contribution in [2.45, 2.75) is 11.8 Å². The number of nitrogens with one attached hydrogen (secondary N) is 1. The number of hydrogen-bond donors (Lipinski definition) is 1. The Balaban J connectivity index is 1.85. The molecule has 0 aliphatic carbocycles. The fourth-order valence-electron chi connectivity index (χ4n) is 1.83. The summed E-state index contributed by atoms with van der Waals surface area (Å²) in [6, 6.07) is 7.73. The van der Waals surface area contributed by atoms with Crippen LogP contribution in [-0.4, -0.2) is 24.0 Å². The lowest BCUT2D eigenvalue weighted by molar-refractivity contribution is 0.0948. The van der Waals surface area contributed by atoms with Gasteiger partial charge in [0, 0.05) is 17.4 Å². The standard InChI is InChI=1S/C13H16BrNOS/c14-7-10-1-3-12(4-2-10)13(16)15-8-11-5-6-17-9-11/h1-4,11H,5-9H2,(H,15,16). The Bertz CT molecular complexity index is 374. The van der Waals surface area contributed by atoms with E-state index in [1.165, 1.54) is 23.5 Å². The van der Waals surface area contributed by atoms with Crippen LogP contribution in [0.1, 0.15) is 22.3 Å². The van der Waals surface area contributed by atoms with Gasteiger partial charge in [0.15, 0.2) is 0 Å². The van der Waals surface area contributed by atoms with Crippen molar-refractivity contribution in [3.8, 4) is 0 Å². The minimum atomic E-state index is 0.0445. The molecular weight excluding hydrogens is 298 g/mol. The maximum atomic E-state index is 11.9. The maximum Gasteiger partial charge on any atom is 0.251 e. The van der Waals surface area contributed by atoms with E-state index in [0.29, 0.717) is 5.92 Å². The van der Waals surface area contributed by atoms with Crippen LogP contribution in [0, 0.1) is 5.92 Å². The molecule has 92 valence electrons. The van der Waals surface area contributed by atoms with Crippen molar-refractivity contribution in [2.75, 3.05) is 18.1 Å². The molecule has 1 N–H and O–H groups in total.